The average Bonchev–Trinajstić information content (AvgIpc) is 2.46. The Morgan fingerprint density at radius 2 is 1.89 bits per heavy atom. The third-order valence-electron chi connectivity index (χ3n) is 3.82. The lowest BCUT2D eigenvalue weighted by molar-refractivity contribution is 0.0669. The fraction of sp³-hybridized carbons (Fsp3) is 1.00. The molecule has 0 N–H and O–H groups in total. The predicted octanol–water partition coefficient (Wildman–Crippen LogP) is 2.64. The molecule has 0 aliphatic carbocycles. The Kier molecular flexibility index (Phi) is 5.08. The molecule has 1 atom stereocenters. The van der Waals surface area contributed by atoms with Crippen LogP contribution in [0, 0.1) is 5.92 Å². The number of rotatable bonds is 5. The van der Waals surface area contributed by atoms with E-state index >= 15 is 0 Å². The van der Waals surface area contributed by atoms with Crippen molar-refractivity contribution in [2.75, 3.05) is 19.4 Å². The molecule has 0 spiro atoms. The van der Waals surface area contributed by atoms with E-state index in [2.05, 4.69) is 39.5 Å². The maximum atomic E-state index is 10.9. The highest BCUT2D eigenvalue weighted by molar-refractivity contribution is 7.85. The van der Waals surface area contributed by atoms with Gasteiger partial charge in [0, 0.05) is 17.6 Å². The smallest absolute Gasteiger partial charge is 0.264 e. The van der Waals surface area contributed by atoms with Crippen LogP contribution in [0.15, 0.2) is 0 Å². The summed E-state index contributed by atoms with van der Waals surface area (Å²) in [7, 11) is -3.29. The van der Waals surface area contributed by atoms with Crippen LogP contribution < -0.4 is 0 Å². The highest BCUT2D eigenvalue weighted by atomic mass is 32.2. The third kappa shape index (κ3) is 5.40. The molecule has 4 nitrogen and oxygen atoms in total. The van der Waals surface area contributed by atoms with Gasteiger partial charge in [0.1, 0.15) is 0 Å². The summed E-state index contributed by atoms with van der Waals surface area (Å²) in [4.78, 5) is 2.56. The van der Waals surface area contributed by atoms with Gasteiger partial charge in [0.05, 0.1) is 12.9 Å². The van der Waals surface area contributed by atoms with Gasteiger partial charge in [-0.15, -0.1) is 0 Å². The zero-order chi connectivity index (χ0) is 14.9. The van der Waals surface area contributed by atoms with Gasteiger partial charge in [-0.25, -0.2) is 0 Å². The summed E-state index contributed by atoms with van der Waals surface area (Å²) < 4.78 is 26.6. The van der Waals surface area contributed by atoms with E-state index in [1.54, 1.807) is 0 Å². The van der Waals surface area contributed by atoms with E-state index in [-0.39, 0.29) is 11.1 Å². The molecule has 1 aliphatic heterocycles. The van der Waals surface area contributed by atoms with E-state index in [0.29, 0.717) is 12.5 Å². The Morgan fingerprint density at radius 1 is 1.32 bits per heavy atom. The van der Waals surface area contributed by atoms with Crippen molar-refractivity contribution in [3.63, 3.8) is 0 Å². The van der Waals surface area contributed by atoms with Crippen LogP contribution in [0.2, 0.25) is 0 Å². The van der Waals surface area contributed by atoms with Crippen molar-refractivity contribution >= 4 is 10.1 Å². The van der Waals surface area contributed by atoms with Gasteiger partial charge in [-0.05, 0) is 59.8 Å². The zero-order valence-electron chi connectivity index (χ0n) is 13.2. The van der Waals surface area contributed by atoms with Gasteiger partial charge in [-0.2, -0.15) is 8.42 Å². The summed E-state index contributed by atoms with van der Waals surface area (Å²) in [6, 6.07) is 0. The van der Waals surface area contributed by atoms with Crippen LogP contribution in [0.5, 0.6) is 0 Å². The SMILES string of the molecule is CC(C)(C)N1CC(CCCOS(C)(=O)=O)CC1(C)C. The van der Waals surface area contributed by atoms with Gasteiger partial charge >= 0.3 is 0 Å². The van der Waals surface area contributed by atoms with E-state index in [9.17, 15) is 8.42 Å². The van der Waals surface area contributed by atoms with Crippen LogP contribution in [-0.4, -0.2) is 43.8 Å². The first-order chi connectivity index (χ1) is 8.42. The van der Waals surface area contributed by atoms with Crippen molar-refractivity contribution in [3.05, 3.63) is 0 Å². The first kappa shape index (κ1) is 16.9. The molecule has 0 bridgehead atoms. The summed E-state index contributed by atoms with van der Waals surface area (Å²) in [5.74, 6) is 0.636. The lowest BCUT2D eigenvalue weighted by Crippen LogP contribution is -2.50. The highest BCUT2D eigenvalue weighted by Gasteiger charge is 2.42. The van der Waals surface area contributed by atoms with Crippen LogP contribution in [0.4, 0.5) is 0 Å². The Balaban J connectivity index is 2.43. The van der Waals surface area contributed by atoms with Gasteiger partial charge in [0.15, 0.2) is 0 Å². The first-order valence-corrected chi connectivity index (χ1v) is 8.86. The maximum Gasteiger partial charge on any atom is 0.264 e. The summed E-state index contributed by atoms with van der Waals surface area (Å²) in [6.45, 7) is 12.8. The van der Waals surface area contributed by atoms with Crippen molar-refractivity contribution in [2.24, 2.45) is 5.92 Å². The molecule has 1 saturated heterocycles. The quantitative estimate of drug-likeness (QED) is 0.577. The monoisotopic (exact) mass is 291 g/mol. The molecule has 1 unspecified atom stereocenters. The molecule has 0 amide bonds. The number of hydrogen-bond donors (Lipinski definition) is 0. The maximum absolute atomic E-state index is 10.9. The molecule has 1 heterocycles. The van der Waals surface area contributed by atoms with Crippen molar-refractivity contribution in [1.82, 2.24) is 4.90 Å². The van der Waals surface area contributed by atoms with Gasteiger partial charge in [-0.1, -0.05) is 0 Å². The lowest BCUT2D eigenvalue weighted by Gasteiger charge is -2.42. The second-order valence-corrected chi connectivity index (χ2v) is 8.98. The Bertz CT molecular complexity index is 395. The minimum atomic E-state index is -3.29. The molecule has 0 aromatic heterocycles. The van der Waals surface area contributed by atoms with Gasteiger partial charge in [-0.3, -0.25) is 9.08 Å². The fourth-order valence-electron chi connectivity index (χ4n) is 3.34. The summed E-state index contributed by atoms with van der Waals surface area (Å²) in [6.07, 6.45) is 4.12. The molecule has 19 heavy (non-hydrogen) atoms. The standard InChI is InChI=1S/C14H29NO3S/c1-13(2,3)15-11-12(10-14(15,4)5)8-7-9-18-19(6,16)17/h12H,7-11H2,1-6H3. The van der Waals surface area contributed by atoms with Gasteiger partial charge in [0.2, 0.25) is 0 Å². The zero-order valence-corrected chi connectivity index (χ0v) is 14.0. The van der Waals surface area contributed by atoms with Crippen LogP contribution >= 0.6 is 0 Å². The second kappa shape index (κ2) is 5.70. The van der Waals surface area contributed by atoms with Crippen molar-refractivity contribution in [3.8, 4) is 0 Å². The highest BCUT2D eigenvalue weighted by Crippen LogP contribution is 2.39. The molecule has 0 radical (unpaired) electrons. The topological polar surface area (TPSA) is 46.6 Å². The average molecular weight is 291 g/mol. The van der Waals surface area contributed by atoms with Crippen LogP contribution in [0.1, 0.15) is 53.9 Å². The number of hydrogen-bond acceptors (Lipinski definition) is 4. The van der Waals surface area contributed by atoms with Crippen LogP contribution in [0.25, 0.3) is 0 Å². The van der Waals surface area contributed by atoms with Crippen LogP contribution in [-0.2, 0) is 14.3 Å². The minimum Gasteiger partial charge on any atom is -0.293 e. The second-order valence-electron chi connectivity index (χ2n) is 7.33. The van der Waals surface area contributed by atoms with E-state index in [4.69, 9.17) is 4.18 Å². The third-order valence-corrected chi connectivity index (χ3v) is 4.42. The molecule has 1 aliphatic rings. The van der Waals surface area contributed by atoms with E-state index in [1.165, 1.54) is 6.42 Å². The molecule has 0 aromatic carbocycles. The lowest BCUT2D eigenvalue weighted by atomic mass is 9.92. The van der Waals surface area contributed by atoms with Crippen molar-refractivity contribution in [1.29, 1.82) is 0 Å². The molecule has 0 saturated carbocycles. The molecule has 1 rings (SSSR count). The number of likely N-dealkylation sites (tertiary alicyclic amines) is 1. The minimum absolute atomic E-state index is 0.182. The fourth-order valence-corrected chi connectivity index (χ4v) is 3.76. The molecular weight excluding hydrogens is 262 g/mol. The predicted molar refractivity (Wildman–Crippen MR) is 78.7 cm³/mol. The van der Waals surface area contributed by atoms with Crippen LogP contribution in [0.3, 0.4) is 0 Å². The summed E-state index contributed by atoms with van der Waals surface area (Å²) >= 11 is 0. The van der Waals surface area contributed by atoms with E-state index in [1.807, 2.05) is 0 Å². The van der Waals surface area contributed by atoms with Crippen molar-refractivity contribution < 1.29 is 12.6 Å². The summed E-state index contributed by atoms with van der Waals surface area (Å²) in [5, 5.41) is 0. The molecule has 5 heteroatoms. The van der Waals surface area contributed by atoms with E-state index in [0.717, 1.165) is 25.6 Å². The van der Waals surface area contributed by atoms with E-state index < -0.39 is 10.1 Å². The van der Waals surface area contributed by atoms with Gasteiger partial charge in [0.25, 0.3) is 10.1 Å². The Morgan fingerprint density at radius 3 is 2.32 bits per heavy atom. The number of nitrogens with zero attached hydrogens (tertiary/aromatic N) is 1. The molecule has 114 valence electrons. The Hall–Kier alpha value is -0.130. The first-order valence-electron chi connectivity index (χ1n) is 7.04. The largest absolute Gasteiger partial charge is 0.293 e. The Labute approximate surface area is 118 Å². The summed E-state index contributed by atoms with van der Waals surface area (Å²) in [5.41, 5.74) is 0.405. The molecule has 0 aromatic rings. The van der Waals surface area contributed by atoms with Crippen molar-refractivity contribution in [2.45, 2.75) is 65.0 Å². The molecule has 1 fully saturated rings. The normalized spacial score (nSPS) is 24.8. The van der Waals surface area contributed by atoms with Gasteiger partial charge < -0.3 is 0 Å². The molecular formula is C14H29NO3S.